The van der Waals surface area contributed by atoms with Crippen LogP contribution in [0.1, 0.15) is 34.6 Å². The third-order valence-electron chi connectivity index (χ3n) is 3.35. The Bertz CT molecular complexity index is 593. The Labute approximate surface area is 124 Å². The molecule has 104 valence electrons. The first-order chi connectivity index (χ1) is 9.49. The van der Waals surface area contributed by atoms with Crippen molar-refractivity contribution in [3.05, 3.63) is 64.4 Å². The molecule has 1 aromatic heterocycles. The molecule has 20 heavy (non-hydrogen) atoms. The fraction of sp³-hybridized carbons (Fsp3) is 0.250. The van der Waals surface area contributed by atoms with E-state index < -0.39 is 0 Å². The van der Waals surface area contributed by atoms with Gasteiger partial charge in [0.15, 0.2) is 0 Å². The second-order valence-corrected chi connectivity index (χ2v) is 5.21. The van der Waals surface area contributed by atoms with E-state index in [1.165, 1.54) is 0 Å². The first-order valence-corrected chi connectivity index (χ1v) is 6.83. The summed E-state index contributed by atoms with van der Waals surface area (Å²) in [6.45, 7) is 3.83. The maximum absolute atomic E-state index is 12.5. The van der Waals surface area contributed by atoms with Crippen LogP contribution >= 0.6 is 11.6 Å². The second-order valence-electron chi connectivity index (χ2n) is 4.82. The van der Waals surface area contributed by atoms with E-state index >= 15 is 0 Å². The Balaban J connectivity index is 2.24. The zero-order valence-electron chi connectivity index (χ0n) is 11.8. The monoisotopic (exact) mass is 288 g/mol. The van der Waals surface area contributed by atoms with Gasteiger partial charge in [-0.1, -0.05) is 41.9 Å². The van der Waals surface area contributed by atoms with Gasteiger partial charge in [0, 0.05) is 18.3 Å². The molecule has 1 aromatic carbocycles. The van der Waals surface area contributed by atoms with Gasteiger partial charge in [-0.3, -0.25) is 4.79 Å². The number of hydrogen-bond acceptors (Lipinski definition) is 2. The number of carbonyl (C=O) groups excluding carboxylic acids is 1. The van der Waals surface area contributed by atoms with Crippen molar-refractivity contribution >= 4 is 17.5 Å². The van der Waals surface area contributed by atoms with Crippen LogP contribution in [0.25, 0.3) is 0 Å². The molecule has 1 atom stereocenters. The highest BCUT2D eigenvalue weighted by Gasteiger charge is 2.19. The van der Waals surface area contributed by atoms with Crippen molar-refractivity contribution in [3.8, 4) is 0 Å². The molecule has 2 aromatic rings. The number of amides is 1. The molecule has 1 unspecified atom stereocenters. The van der Waals surface area contributed by atoms with Crippen LogP contribution in [0.15, 0.2) is 42.5 Å². The summed E-state index contributed by atoms with van der Waals surface area (Å²) in [4.78, 5) is 18.3. The van der Waals surface area contributed by atoms with E-state index in [4.69, 9.17) is 11.6 Å². The highest BCUT2D eigenvalue weighted by atomic mass is 35.5. The molecule has 0 spiro atoms. The van der Waals surface area contributed by atoms with Crippen LogP contribution in [0, 0.1) is 6.92 Å². The van der Waals surface area contributed by atoms with Gasteiger partial charge in [0.05, 0.1) is 6.04 Å². The zero-order valence-corrected chi connectivity index (χ0v) is 12.6. The minimum atomic E-state index is -0.0613. The van der Waals surface area contributed by atoms with Crippen molar-refractivity contribution in [2.45, 2.75) is 19.9 Å². The fourth-order valence-corrected chi connectivity index (χ4v) is 2.34. The average Bonchev–Trinajstić information content (AvgIpc) is 2.45. The highest BCUT2D eigenvalue weighted by molar-refractivity contribution is 6.29. The molecule has 0 aliphatic rings. The molecule has 3 nitrogen and oxygen atoms in total. The predicted molar refractivity (Wildman–Crippen MR) is 80.9 cm³/mol. The Morgan fingerprint density at radius 2 is 1.90 bits per heavy atom. The lowest BCUT2D eigenvalue weighted by Gasteiger charge is -2.25. The Morgan fingerprint density at radius 3 is 2.50 bits per heavy atom. The van der Waals surface area contributed by atoms with Gasteiger partial charge in [-0.05, 0) is 31.5 Å². The third-order valence-corrected chi connectivity index (χ3v) is 3.55. The third kappa shape index (κ3) is 3.17. The molecule has 0 fully saturated rings. The highest BCUT2D eigenvalue weighted by Crippen LogP contribution is 2.21. The molecular formula is C16H17ClN2O. The topological polar surface area (TPSA) is 33.2 Å². The summed E-state index contributed by atoms with van der Waals surface area (Å²) in [5.74, 6) is -0.0613. The number of carbonyl (C=O) groups is 1. The molecule has 1 amide bonds. The second kappa shape index (κ2) is 6.06. The quantitative estimate of drug-likeness (QED) is 0.803. The summed E-state index contributed by atoms with van der Waals surface area (Å²) in [5, 5.41) is 0.342. The van der Waals surface area contributed by atoms with Crippen molar-refractivity contribution in [3.63, 3.8) is 0 Å². The molecule has 0 N–H and O–H groups in total. The Morgan fingerprint density at radius 1 is 1.25 bits per heavy atom. The number of aromatic nitrogens is 1. The number of benzene rings is 1. The molecular weight excluding hydrogens is 272 g/mol. The average molecular weight is 289 g/mol. The van der Waals surface area contributed by atoms with Crippen molar-refractivity contribution in [2.24, 2.45) is 0 Å². The molecule has 1 heterocycles. The van der Waals surface area contributed by atoms with Gasteiger partial charge in [0.25, 0.3) is 5.91 Å². The SMILES string of the molecule is Cc1cc(C(=O)N(C)C(C)c2ccccc2)cc(Cl)n1. The maximum atomic E-state index is 12.5. The minimum absolute atomic E-state index is 0.00375. The van der Waals surface area contributed by atoms with Gasteiger partial charge in [0.2, 0.25) is 0 Å². The molecule has 2 rings (SSSR count). The van der Waals surface area contributed by atoms with E-state index in [0.29, 0.717) is 10.7 Å². The van der Waals surface area contributed by atoms with E-state index in [2.05, 4.69) is 4.98 Å². The van der Waals surface area contributed by atoms with Crippen LogP contribution in [-0.2, 0) is 0 Å². The number of rotatable bonds is 3. The van der Waals surface area contributed by atoms with Gasteiger partial charge < -0.3 is 4.90 Å². The number of pyridine rings is 1. The molecule has 0 saturated heterocycles. The molecule has 0 aliphatic heterocycles. The lowest BCUT2D eigenvalue weighted by molar-refractivity contribution is 0.0742. The number of hydrogen-bond donors (Lipinski definition) is 0. The summed E-state index contributed by atoms with van der Waals surface area (Å²) in [5.41, 5.74) is 2.40. The van der Waals surface area contributed by atoms with Gasteiger partial charge >= 0.3 is 0 Å². The minimum Gasteiger partial charge on any atom is -0.335 e. The summed E-state index contributed by atoms with van der Waals surface area (Å²) in [6.07, 6.45) is 0. The first-order valence-electron chi connectivity index (χ1n) is 6.45. The van der Waals surface area contributed by atoms with E-state index in [0.717, 1.165) is 11.3 Å². The standard InChI is InChI=1S/C16H17ClN2O/c1-11-9-14(10-15(17)18-11)16(20)19(3)12(2)13-7-5-4-6-8-13/h4-10,12H,1-3H3. The Hall–Kier alpha value is -1.87. The zero-order chi connectivity index (χ0) is 14.7. The lowest BCUT2D eigenvalue weighted by atomic mass is 10.1. The van der Waals surface area contributed by atoms with Crippen LogP contribution in [-0.4, -0.2) is 22.8 Å². The Kier molecular flexibility index (Phi) is 4.40. The van der Waals surface area contributed by atoms with Crippen LogP contribution in [0.3, 0.4) is 0 Å². The van der Waals surface area contributed by atoms with Gasteiger partial charge in [0.1, 0.15) is 5.15 Å². The van der Waals surface area contributed by atoms with Gasteiger partial charge in [-0.2, -0.15) is 0 Å². The van der Waals surface area contributed by atoms with Gasteiger partial charge in [-0.15, -0.1) is 0 Å². The van der Waals surface area contributed by atoms with Crippen molar-refractivity contribution in [2.75, 3.05) is 7.05 Å². The van der Waals surface area contributed by atoms with Crippen LogP contribution in [0.2, 0.25) is 5.15 Å². The maximum Gasteiger partial charge on any atom is 0.254 e. The summed E-state index contributed by atoms with van der Waals surface area (Å²) in [6, 6.07) is 13.3. The van der Waals surface area contributed by atoms with Crippen LogP contribution < -0.4 is 0 Å². The van der Waals surface area contributed by atoms with Crippen molar-refractivity contribution in [1.29, 1.82) is 0 Å². The normalized spacial score (nSPS) is 12.0. The predicted octanol–water partition coefficient (Wildman–Crippen LogP) is 3.88. The number of nitrogens with zero attached hydrogens (tertiary/aromatic N) is 2. The van der Waals surface area contributed by atoms with Crippen LogP contribution in [0.5, 0.6) is 0 Å². The molecule has 0 aliphatic carbocycles. The van der Waals surface area contributed by atoms with E-state index in [1.54, 1.807) is 24.1 Å². The first kappa shape index (κ1) is 14.5. The van der Waals surface area contributed by atoms with Crippen molar-refractivity contribution in [1.82, 2.24) is 9.88 Å². The summed E-state index contributed by atoms with van der Waals surface area (Å²) < 4.78 is 0. The molecule has 4 heteroatoms. The van der Waals surface area contributed by atoms with Crippen molar-refractivity contribution < 1.29 is 4.79 Å². The van der Waals surface area contributed by atoms with Crippen LogP contribution in [0.4, 0.5) is 0 Å². The summed E-state index contributed by atoms with van der Waals surface area (Å²) >= 11 is 5.91. The number of halogens is 1. The molecule has 0 saturated carbocycles. The lowest BCUT2D eigenvalue weighted by Crippen LogP contribution is -2.29. The van der Waals surface area contributed by atoms with E-state index in [9.17, 15) is 4.79 Å². The summed E-state index contributed by atoms with van der Waals surface area (Å²) in [7, 11) is 1.80. The fourth-order valence-electron chi connectivity index (χ4n) is 2.09. The molecule has 0 bridgehead atoms. The largest absolute Gasteiger partial charge is 0.335 e. The van der Waals surface area contributed by atoms with Gasteiger partial charge in [-0.25, -0.2) is 4.98 Å². The van der Waals surface area contributed by atoms with E-state index in [1.807, 2.05) is 44.2 Å². The van der Waals surface area contributed by atoms with E-state index in [-0.39, 0.29) is 11.9 Å². The number of aryl methyl sites for hydroxylation is 1. The smallest absolute Gasteiger partial charge is 0.254 e. The molecule has 0 radical (unpaired) electrons.